The van der Waals surface area contributed by atoms with E-state index in [9.17, 15) is 4.79 Å². The fourth-order valence-electron chi connectivity index (χ4n) is 4.02. The van der Waals surface area contributed by atoms with Crippen molar-refractivity contribution < 1.29 is 4.79 Å². The summed E-state index contributed by atoms with van der Waals surface area (Å²) in [6, 6.07) is 7.99. The molecule has 1 aliphatic rings. The van der Waals surface area contributed by atoms with E-state index in [1.807, 2.05) is 35.9 Å². The highest BCUT2D eigenvalue weighted by Gasteiger charge is 2.26. The average molecular weight is 396 g/mol. The van der Waals surface area contributed by atoms with Gasteiger partial charge >= 0.3 is 0 Å². The topological polar surface area (TPSA) is 101 Å². The molecule has 4 rings (SSSR count). The normalized spacial score (nSPS) is 16.4. The third-order valence-electron chi connectivity index (χ3n) is 5.55. The van der Waals surface area contributed by atoms with Crippen LogP contribution in [-0.4, -0.2) is 44.0 Å². The van der Waals surface area contributed by atoms with Crippen molar-refractivity contribution in [2.45, 2.75) is 52.1 Å². The van der Waals surface area contributed by atoms with Crippen molar-refractivity contribution in [3.63, 3.8) is 0 Å². The van der Waals surface area contributed by atoms with Gasteiger partial charge in [0, 0.05) is 0 Å². The standard InChI is InChI=1S/C21H29N7O/c1-13(2)12-18(20-23-16-6-4-5-7-17(16)24-20)25-21(29)19-14(3)28(27-26-19)15-8-10-22-11-9-15/h4-7,13,15,18,22H,8-12H2,1-3H3,(H,23,24)(H,25,29). The van der Waals surface area contributed by atoms with Crippen molar-refractivity contribution in [1.29, 1.82) is 0 Å². The van der Waals surface area contributed by atoms with Gasteiger partial charge in [-0.1, -0.05) is 31.2 Å². The average Bonchev–Trinajstić information content (AvgIpc) is 3.31. The van der Waals surface area contributed by atoms with Gasteiger partial charge in [0.1, 0.15) is 5.82 Å². The van der Waals surface area contributed by atoms with E-state index in [1.165, 1.54) is 0 Å². The Morgan fingerprint density at radius 1 is 1.28 bits per heavy atom. The van der Waals surface area contributed by atoms with E-state index in [1.54, 1.807) is 0 Å². The highest BCUT2D eigenvalue weighted by molar-refractivity contribution is 5.93. The fraction of sp³-hybridized carbons (Fsp3) is 0.524. The molecule has 0 spiro atoms. The maximum Gasteiger partial charge on any atom is 0.274 e. The lowest BCUT2D eigenvalue weighted by molar-refractivity contribution is 0.0924. The van der Waals surface area contributed by atoms with Crippen LogP contribution in [0.25, 0.3) is 11.0 Å². The van der Waals surface area contributed by atoms with Crippen LogP contribution in [0.5, 0.6) is 0 Å². The number of para-hydroxylation sites is 2. The number of carbonyl (C=O) groups is 1. The van der Waals surface area contributed by atoms with Gasteiger partial charge in [0.15, 0.2) is 5.69 Å². The first-order valence-corrected chi connectivity index (χ1v) is 10.4. The van der Waals surface area contributed by atoms with E-state index in [4.69, 9.17) is 4.98 Å². The second kappa shape index (κ2) is 8.32. The Bertz CT molecular complexity index is 951. The minimum atomic E-state index is -0.210. The number of nitrogens with one attached hydrogen (secondary N) is 3. The molecule has 1 aliphatic heterocycles. The zero-order chi connectivity index (χ0) is 20.4. The van der Waals surface area contributed by atoms with Crippen LogP contribution in [0.3, 0.4) is 0 Å². The van der Waals surface area contributed by atoms with Crippen molar-refractivity contribution in [2.75, 3.05) is 13.1 Å². The lowest BCUT2D eigenvalue weighted by Crippen LogP contribution is -2.32. The van der Waals surface area contributed by atoms with Gasteiger partial charge in [0.2, 0.25) is 0 Å². The van der Waals surface area contributed by atoms with Crippen molar-refractivity contribution in [1.82, 2.24) is 35.6 Å². The van der Waals surface area contributed by atoms with Crippen LogP contribution in [0, 0.1) is 12.8 Å². The number of piperidine rings is 1. The summed E-state index contributed by atoms with van der Waals surface area (Å²) in [6.45, 7) is 8.14. The third-order valence-corrected chi connectivity index (χ3v) is 5.55. The minimum absolute atomic E-state index is 0.200. The highest BCUT2D eigenvalue weighted by atomic mass is 16.2. The molecule has 3 heterocycles. The Morgan fingerprint density at radius 2 is 2.03 bits per heavy atom. The van der Waals surface area contributed by atoms with E-state index in [0.29, 0.717) is 17.7 Å². The fourth-order valence-corrected chi connectivity index (χ4v) is 4.02. The second-order valence-electron chi connectivity index (χ2n) is 8.24. The van der Waals surface area contributed by atoms with Gasteiger partial charge in [0.05, 0.1) is 28.8 Å². The first-order valence-electron chi connectivity index (χ1n) is 10.4. The molecule has 1 unspecified atom stereocenters. The van der Waals surface area contributed by atoms with E-state index < -0.39 is 0 Å². The van der Waals surface area contributed by atoms with Crippen molar-refractivity contribution in [2.24, 2.45) is 5.92 Å². The summed E-state index contributed by atoms with van der Waals surface area (Å²) in [7, 11) is 0. The van der Waals surface area contributed by atoms with Crippen LogP contribution in [0.1, 0.15) is 67.2 Å². The molecule has 1 amide bonds. The number of amides is 1. The van der Waals surface area contributed by atoms with Gasteiger partial charge in [-0.3, -0.25) is 4.79 Å². The third kappa shape index (κ3) is 4.17. The number of hydrogen-bond donors (Lipinski definition) is 3. The molecule has 2 aromatic heterocycles. The lowest BCUT2D eigenvalue weighted by atomic mass is 10.0. The van der Waals surface area contributed by atoms with Crippen LogP contribution < -0.4 is 10.6 Å². The molecular weight excluding hydrogens is 366 g/mol. The van der Waals surface area contributed by atoms with Crippen LogP contribution in [0.4, 0.5) is 0 Å². The second-order valence-corrected chi connectivity index (χ2v) is 8.24. The van der Waals surface area contributed by atoms with E-state index in [-0.39, 0.29) is 11.9 Å². The molecule has 0 aliphatic carbocycles. The van der Waals surface area contributed by atoms with Crippen LogP contribution in [-0.2, 0) is 0 Å². The number of rotatable bonds is 6. The van der Waals surface area contributed by atoms with Gasteiger partial charge in [-0.05, 0) is 57.3 Å². The van der Waals surface area contributed by atoms with Crippen molar-refractivity contribution >= 4 is 16.9 Å². The molecule has 154 valence electrons. The lowest BCUT2D eigenvalue weighted by Gasteiger charge is -2.23. The van der Waals surface area contributed by atoms with Gasteiger partial charge in [-0.15, -0.1) is 5.10 Å². The van der Waals surface area contributed by atoms with Gasteiger partial charge in [-0.2, -0.15) is 0 Å². The molecule has 8 nitrogen and oxygen atoms in total. The zero-order valence-corrected chi connectivity index (χ0v) is 17.3. The van der Waals surface area contributed by atoms with E-state index in [2.05, 4.69) is 39.8 Å². The molecule has 1 atom stereocenters. The summed E-state index contributed by atoms with van der Waals surface area (Å²) < 4.78 is 1.91. The maximum atomic E-state index is 13.1. The number of nitrogens with zero attached hydrogens (tertiary/aromatic N) is 4. The molecule has 0 radical (unpaired) electrons. The maximum absolute atomic E-state index is 13.1. The van der Waals surface area contributed by atoms with Gasteiger partial charge in [-0.25, -0.2) is 9.67 Å². The Labute approximate surface area is 170 Å². The first kappa shape index (κ1) is 19.6. The molecule has 1 saturated heterocycles. The van der Waals surface area contributed by atoms with Crippen LogP contribution >= 0.6 is 0 Å². The molecule has 1 fully saturated rings. The SMILES string of the molecule is Cc1c(C(=O)NC(CC(C)C)c2nc3ccccc3[nH]2)nnn1C1CCNCC1. The first-order chi connectivity index (χ1) is 14.0. The summed E-state index contributed by atoms with van der Waals surface area (Å²) >= 11 is 0. The molecule has 1 aromatic carbocycles. The van der Waals surface area contributed by atoms with Crippen molar-refractivity contribution in [3.05, 3.63) is 41.5 Å². The van der Waals surface area contributed by atoms with Crippen LogP contribution in [0.15, 0.2) is 24.3 Å². The zero-order valence-electron chi connectivity index (χ0n) is 17.3. The Balaban J connectivity index is 1.56. The number of carbonyl (C=O) groups excluding carboxylic acids is 1. The number of hydrogen-bond acceptors (Lipinski definition) is 5. The molecule has 3 aromatic rings. The monoisotopic (exact) mass is 395 g/mol. The molecule has 0 bridgehead atoms. The van der Waals surface area contributed by atoms with Crippen molar-refractivity contribution in [3.8, 4) is 0 Å². The largest absolute Gasteiger partial charge is 0.341 e. The Morgan fingerprint density at radius 3 is 2.76 bits per heavy atom. The highest BCUT2D eigenvalue weighted by Crippen LogP contribution is 2.24. The molecule has 3 N–H and O–H groups in total. The van der Waals surface area contributed by atoms with E-state index >= 15 is 0 Å². The number of aromatic nitrogens is 5. The Hall–Kier alpha value is -2.74. The number of imidazole rings is 1. The minimum Gasteiger partial charge on any atom is -0.341 e. The number of fused-ring (bicyclic) bond motifs is 1. The Kier molecular flexibility index (Phi) is 5.62. The van der Waals surface area contributed by atoms with Gasteiger partial charge < -0.3 is 15.6 Å². The molecule has 8 heteroatoms. The number of aromatic amines is 1. The summed E-state index contributed by atoms with van der Waals surface area (Å²) in [5, 5.41) is 15.0. The predicted octanol–water partition coefficient (Wildman–Crippen LogP) is 2.90. The summed E-state index contributed by atoms with van der Waals surface area (Å²) in [4.78, 5) is 21.1. The number of benzene rings is 1. The smallest absolute Gasteiger partial charge is 0.274 e. The summed E-state index contributed by atoms with van der Waals surface area (Å²) in [6.07, 6.45) is 2.79. The molecular formula is C21H29N7O. The van der Waals surface area contributed by atoms with Gasteiger partial charge in [0.25, 0.3) is 5.91 Å². The molecule has 0 saturated carbocycles. The molecule has 29 heavy (non-hydrogen) atoms. The van der Waals surface area contributed by atoms with Crippen LogP contribution in [0.2, 0.25) is 0 Å². The predicted molar refractivity (Wildman–Crippen MR) is 112 cm³/mol. The number of H-pyrrole nitrogens is 1. The quantitative estimate of drug-likeness (QED) is 0.596. The summed E-state index contributed by atoms with van der Waals surface area (Å²) in [5.41, 5.74) is 3.09. The van der Waals surface area contributed by atoms with E-state index in [0.717, 1.165) is 54.9 Å². The summed E-state index contributed by atoms with van der Waals surface area (Å²) in [5.74, 6) is 0.977.